The van der Waals surface area contributed by atoms with Crippen molar-refractivity contribution in [1.29, 1.82) is 0 Å². The van der Waals surface area contributed by atoms with Crippen molar-refractivity contribution in [2.75, 3.05) is 38.6 Å². The summed E-state index contributed by atoms with van der Waals surface area (Å²) < 4.78 is 30.6. The van der Waals surface area contributed by atoms with E-state index in [1.54, 1.807) is 24.3 Å². The van der Waals surface area contributed by atoms with E-state index >= 15 is 0 Å². The molecule has 0 bridgehead atoms. The van der Waals surface area contributed by atoms with Crippen LogP contribution in [0.5, 0.6) is 0 Å². The van der Waals surface area contributed by atoms with Gasteiger partial charge in [-0.3, -0.25) is 4.90 Å². The number of rotatable bonds is 5. The first-order chi connectivity index (χ1) is 9.51. The number of nitrogens with zero attached hydrogens (tertiary/aromatic N) is 1. The van der Waals surface area contributed by atoms with Crippen LogP contribution in [0.25, 0.3) is 0 Å². The number of aliphatic hydroxyl groups is 1. The summed E-state index contributed by atoms with van der Waals surface area (Å²) >= 11 is 3.29. The predicted molar refractivity (Wildman–Crippen MR) is 79.5 cm³/mol. The Labute approximate surface area is 127 Å². The minimum absolute atomic E-state index is 0.0318. The maximum atomic E-state index is 12.2. The molecule has 0 aromatic heterocycles. The number of aliphatic hydroxyl groups excluding tert-OH is 1. The van der Waals surface area contributed by atoms with Crippen molar-refractivity contribution in [2.24, 2.45) is 0 Å². The van der Waals surface area contributed by atoms with E-state index in [1.807, 2.05) is 4.90 Å². The highest BCUT2D eigenvalue weighted by Gasteiger charge is 2.22. The van der Waals surface area contributed by atoms with E-state index in [0.717, 1.165) is 4.47 Å². The third kappa shape index (κ3) is 4.26. The summed E-state index contributed by atoms with van der Waals surface area (Å²) in [4.78, 5) is 2.36. The van der Waals surface area contributed by atoms with Gasteiger partial charge in [-0.1, -0.05) is 15.9 Å². The van der Waals surface area contributed by atoms with Gasteiger partial charge in [0.15, 0.2) is 9.84 Å². The molecule has 1 aromatic rings. The summed E-state index contributed by atoms with van der Waals surface area (Å²) in [7, 11) is -3.27. The van der Waals surface area contributed by atoms with Gasteiger partial charge in [0.05, 0.1) is 30.0 Å². The van der Waals surface area contributed by atoms with Gasteiger partial charge in [0.1, 0.15) is 0 Å². The molecule has 1 atom stereocenters. The Hall–Kier alpha value is -0.470. The molecule has 1 aromatic carbocycles. The molecular formula is C13H18BrNO4S. The van der Waals surface area contributed by atoms with Crippen LogP contribution in [0.3, 0.4) is 0 Å². The van der Waals surface area contributed by atoms with Crippen LogP contribution in [0.4, 0.5) is 0 Å². The molecule has 1 aliphatic rings. The van der Waals surface area contributed by atoms with Crippen molar-refractivity contribution >= 4 is 25.8 Å². The molecule has 0 saturated carbocycles. The molecule has 1 N–H and O–H groups in total. The molecule has 2 rings (SSSR count). The van der Waals surface area contributed by atoms with Crippen LogP contribution in [-0.4, -0.2) is 63.1 Å². The van der Waals surface area contributed by atoms with E-state index in [4.69, 9.17) is 9.84 Å². The molecule has 0 aliphatic carbocycles. The van der Waals surface area contributed by atoms with Gasteiger partial charge >= 0.3 is 0 Å². The summed E-state index contributed by atoms with van der Waals surface area (Å²) in [5, 5.41) is 9.07. The molecule has 1 unspecified atom stereocenters. The van der Waals surface area contributed by atoms with Crippen LogP contribution < -0.4 is 0 Å². The van der Waals surface area contributed by atoms with Crippen LogP contribution in [0.2, 0.25) is 0 Å². The first kappa shape index (κ1) is 15.9. The van der Waals surface area contributed by atoms with Gasteiger partial charge in [-0.25, -0.2) is 8.42 Å². The lowest BCUT2D eigenvalue weighted by Crippen LogP contribution is -2.45. The zero-order valence-corrected chi connectivity index (χ0v) is 13.4. The number of morpholine rings is 1. The molecule has 1 heterocycles. The van der Waals surface area contributed by atoms with Crippen LogP contribution in [-0.2, 0) is 14.6 Å². The number of ether oxygens (including phenoxy) is 1. The fraction of sp³-hybridized carbons (Fsp3) is 0.538. The largest absolute Gasteiger partial charge is 0.394 e. The summed E-state index contributed by atoms with van der Waals surface area (Å²) in [6.07, 6.45) is -0.209. The van der Waals surface area contributed by atoms with E-state index in [-0.39, 0.29) is 18.5 Å². The molecule has 0 radical (unpaired) electrons. The summed E-state index contributed by atoms with van der Waals surface area (Å²) in [5.41, 5.74) is 0. The van der Waals surface area contributed by atoms with Crippen molar-refractivity contribution in [2.45, 2.75) is 11.0 Å². The number of hydrogen-bond donors (Lipinski definition) is 1. The SMILES string of the molecule is O=S(=O)(CCN1CCOC(CO)C1)c1ccc(Br)cc1. The van der Waals surface area contributed by atoms with E-state index < -0.39 is 9.84 Å². The number of hydrogen-bond acceptors (Lipinski definition) is 5. The average Bonchev–Trinajstić information content (AvgIpc) is 2.46. The number of benzene rings is 1. The first-order valence-electron chi connectivity index (χ1n) is 6.44. The highest BCUT2D eigenvalue weighted by Crippen LogP contribution is 2.16. The molecule has 1 aliphatic heterocycles. The second kappa shape index (κ2) is 7.00. The van der Waals surface area contributed by atoms with Gasteiger partial charge in [0.25, 0.3) is 0 Å². The summed E-state index contributed by atoms with van der Waals surface area (Å²) in [6.45, 7) is 2.23. The van der Waals surface area contributed by atoms with E-state index in [1.165, 1.54) is 0 Å². The van der Waals surface area contributed by atoms with Gasteiger partial charge in [0, 0.05) is 24.1 Å². The average molecular weight is 364 g/mol. The molecule has 1 fully saturated rings. The Kier molecular flexibility index (Phi) is 5.57. The lowest BCUT2D eigenvalue weighted by molar-refractivity contribution is -0.0510. The third-order valence-corrected chi connectivity index (χ3v) is 5.51. The second-order valence-electron chi connectivity index (χ2n) is 4.75. The molecule has 0 spiro atoms. The van der Waals surface area contributed by atoms with Gasteiger partial charge < -0.3 is 9.84 Å². The van der Waals surface area contributed by atoms with Crippen molar-refractivity contribution < 1.29 is 18.3 Å². The van der Waals surface area contributed by atoms with Crippen molar-refractivity contribution in [3.8, 4) is 0 Å². The Morgan fingerprint density at radius 3 is 2.70 bits per heavy atom. The van der Waals surface area contributed by atoms with Gasteiger partial charge in [-0.05, 0) is 24.3 Å². The second-order valence-corrected chi connectivity index (χ2v) is 7.77. The highest BCUT2D eigenvalue weighted by molar-refractivity contribution is 9.10. The monoisotopic (exact) mass is 363 g/mol. The molecule has 7 heteroatoms. The Bertz CT molecular complexity index is 532. The maximum Gasteiger partial charge on any atom is 0.179 e. The summed E-state index contributed by atoms with van der Waals surface area (Å²) in [5.74, 6) is 0.0762. The van der Waals surface area contributed by atoms with Gasteiger partial charge in [-0.2, -0.15) is 0 Å². The van der Waals surface area contributed by atoms with Crippen LogP contribution in [0, 0.1) is 0 Å². The van der Waals surface area contributed by atoms with Crippen LogP contribution in [0.1, 0.15) is 0 Å². The maximum absolute atomic E-state index is 12.2. The Morgan fingerprint density at radius 2 is 2.05 bits per heavy atom. The molecule has 1 saturated heterocycles. The third-order valence-electron chi connectivity index (χ3n) is 3.28. The molecule has 112 valence electrons. The predicted octanol–water partition coefficient (Wildman–Crippen LogP) is 0.916. The van der Waals surface area contributed by atoms with E-state index in [9.17, 15) is 8.42 Å². The van der Waals surface area contributed by atoms with Crippen molar-refractivity contribution in [3.05, 3.63) is 28.7 Å². The normalized spacial score (nSPS) is 21.0. The number of sulfone groups is 1. The zero-order chi connectivity index (χ0) is 14.6. The van der Waals surface area contributed by atoms with Gasteiger partial charge in [0.2, 0.25) is 0 Å². The van der Waals surface area contributed by atoms with Crippen LogP contribution in [0.15, 0.2) is 33.6 Å². The topological polar surface area (TPSA) is 66.8 Å². The van der Waals surface area contributed by atoms with Crippen molar-refractivity contribution in [3.63, 3.8) is 0 Å². The standard InChI is InChI=1S/C13H18BrNO4S/c14-11-1-3-13(4-2-11)20(17,18)8-6-15-5-7-19-12(9-15)10-16/h1-4,12,16H,5-10H2. The molecule has 5 nitrogen and oxygen atoms in total. The van der Waals surface area contributed by atoms with E-state index in [0.29, 0.717) is 31.1 Å². The quantitative estimate of drug-likeness (QED) is 0.842. The zero-order valence-electron chi connectivity index (χ0n) is 11.0. The summed E-state index contributed by atoms with van der Waals surface area (Å²) in [6, 6.07) is 6.66. The first-order valence-corrected chi connectivity index (χ1v) is 8.89. The lowest BCUT2D eigenvalue weighted by Gasteiger charge is -2.31. The fourth-order valence-corrected chi connectivity index (χ4v) is 3.65. The molecule has 0 amide bonds. The van der Waals surface area contributed by atoms with Crippen LogP contribution >= 0.6 is 15.9 Å². The fourth-order valence-electron chi connectivity index (χ4n) is 2.10. The highest BCUT2D eigenvalue weighted by atomic mass is 79.9. The minimum Gasteiger partial charge on any atom is -0.394 e. The van der Waals surface area contributed by atoms with E-state index in [2.05, 4.69) is 15.9 Å². The number of halogens is 1. The van der Waals surface area contributed by atoms with Crippen molar-refractivity contribution in [1.82, 2.24) is 4.90 Å². The smallest absolute Gasteiger partial charge is 0.179 e. The molecule has 20 heavy (non-hydrogen) atoms. The Morgan fingerprint density at radius 1 is 1.35 bits per heavy atom. The Balaban J connectivity index is 1.94. The molecular weight excluding hydrogens is 346 g/mol. The van der Waals surface area contributed by atoms with Gasteiger partial charge in [-0.15, -0.1) is 0 Å². The lowest BCUT2D eigenvalue weighted by atomic mass is 10.3. The minimum atomic E-state index is -3.27.